The molecule has 0 spiro atoms. The minimum atomic E-state index is -0.474. The van der Waals surface area contributed by atoms with Crippen LogP contribution in [0.2, 0.25) is 0 Å². The van der Waals surface area contributed by atoms with Gasteiger partial charge < -0.3 is 0 Å². The van der Waals surface area contributed by atoms with Crippen LogP contribution in [0.15, 0.2) is 11.4 Å². The van der Waals surface area contributed by atoms with Crippen molar-refractivity contribution in [3.63, 3.8) is 0 Å². The molecule has 0 atom stereocenters. The van der Waals surface area contributed by atoms with Crippen LogP contribution >= 0.6 is 22.7 Å². The molecule has 3 rings (SSSR count). The van der Waals surface area contributed by atoms with Crippen molar-refractivity contribution in [3.05, 3.63) is 26.2 Å². The van der Waals surface area contributed by atoms with Crippen molar-refractivity contribution in [2.24, 2.45) is 0 Å². The van der Waals surface area contributed by atoms with Gasteiger partial charge >= 0.3 is 0 Å². The second-order valence-electron chi connectivity index (χ2n) is 4.79. The highest BCUT2D eigenvalue weighted by atomic mass is 32.1. The maximum absolute atomic E-state index is 9.18. The number of aryl methyl sites for hydroxylation is 2. The highest BCUT2D eigenvalue weighted by molar-refractivity contribution is 7.12. The Labute approximate surface area is 109 Å². The molecule has 0 N–H and O–H groups in total. The third-order valence-electron chi connectivity index (χ3n) is 3.09. The van der Waals surface area contributed by atoms with E-state index in [0.29, 0.717) is 0 Å². The molecule has 0 aliphatic heterocycles. The largest absolute Gasteiger partial charge is 0.239 e. The summed E-state index contributed by atoms with van der Waals surface area (Å²) in [6.45, 7) is 3.87. The average molecular weight is 260 g/mol. The van der Waals surface area contributed by atoms with Gasteiger partial charge in [0.25, 0.3) is 0 Å². The molecule has 0 saturated carbocycles. The summed E-state index contributed by atoms with van der Waals surface area (Å²) in [5, 5.41) is 12.3. The zero-order valence-electron chi connectivity index (χ0n) is 9.78. The Bertz CT molecular complexity index is 614. The highest BCUT2D eigenvalue weighted by Gasteiger charge is 2.29. The molecule has 1 aliphatic carbocycles. The summed E-state index contributed by atoms with van der Waals surface area (Å²) < 4.78 is 0. The summed E-state index contributed by atoms with van der Waals surface area (Å²) >= 11 is 3.52. The maximum Gasteiger partial charge on any atom is 0.113 e. The molecule has 2 heterocycles. The van der Waals surface area contributed by atoms with E-state index >= 15 is 0 Å². The first-order valence-electron chi connectivity index (χ1n) is 5.60. The van der Waals surface area contributed by atoms with Gasteiger partial charge in [-0.3, -0.25) is 0 Å². The predicted molar refractivity (Wildman–Crippen MR) is 71.5 cm³/mol. The summed E-state index contributed by atoms with van der Waals surface area (Å²) in [6.07, 6.45) is 2.19. The van der Waals surface area contributed by atoms with Gasteiger partial charge in [-0.2, -0.15) is 5.26 Å². The van der Waals surface area contributed by atoms with Crippen molar-refractivity contribution >= 4 is 22.7 Å². The SMILES string of the molecule is CC(C)(C#N)c1nc2c(s1)CCc1sccc1-2. The fourth-order valence-corrected chi connectivity index (χ4v) is 4.03. The Morgan fingerprint density at radius 3 is 2.88 bits per heavy atom. The van der Waals surface area contributed by atoms with E-state index in [1.54, 1.807) is 11.3 Å². The van der Waals surface area contributed by atoms with Crippen molar-refractivity contribution in [1.29, 1.82) is 5.26 Å². The average Bonchev–Trinajstić information content (AvgIpc) is 2.94. The maximum atomic E-state index is 9.18. The Balaban J connectivity index is 2.15. The fourth-order valence-electron chi connectivity index (χ4n) is 2.02. The highest BCUT2D eigenvalue weighted by Crippen LogP contribution is 2.41. The molecule has 0 bridgehead atoms. The lowest BCUT2D eigenvalue weighted by molar-refractivity contribution is 0.680. The standard InChI is InChI=1S/C13H12N2S2/c1-13(2,7-14)12-15-11-8-5-6-16-9(8)3-4-10(11)17-12/h5-6H,3-4H2,1-2H3. The van der Waals surface area contributed by atoms with Gasteiger partial charge in [-0.25, -0.2) is 4.98 Å². The molecule has 0 unspecified atom stereocenters. The van der Waals surface area contributed by atoms with Crippen molar-refractivity contribution in [1.82, 2.24) is 4.98 Å². The van der Waals surface area contributed by atoms with Gasteiger partial charge in [0.05, 0.1) is 11.8 Å². The Morgan fingerprint density at radius 2 is 2.12 bits per heavy atom. The number of hydrogen-bond acceptors (Lipinski definition) is 4. The number of nitriles is 1. The van der Waals surface area contributed by atoms with Crippen molar-refractivity contribution in [3.8, 4) is 17.3 Å². The van der Waals surface area contributed by atoms with Crippen LogP contribution in [0.1, 0.15) is 28.6 Å². The number of hydrogen-bond donors (Lipinski definition) is 0. The molecule has 1 aliphatic rings. The first-order valence-corrected chi connectivity index (χ1v) is 7.29. The number of aromatic nitrogens is 1. The fraction of sp³-hybridized carbons (Fsp3) is 0.385. The van der Waals surface area contributed by atoms with Crippen LogP contribution in [0.4, 0.5) is 0 Å². The molecule has 0 fully saturated rings. The Morgan fingerprint density at radius 1 is 1.35 bits per heavy atom. The molecule has 0 aromatic carbocycles. The number of nitrogens with zero attached hydrogens (tertiary/aromatic N) is 2. The topological polar surface area (TPSA) is 36.7 Å². The molecular formula is C13H12N2S2. The van der Waals surface area contributed by atoms with E-state index in [0.717, 1.165) is 23.5 Å². The first-order chi connectivity index (χ1) is 8.12. The second kappa shape index (κ2) is 3.66. The van der Waals surface area contributed by atoms with Crippen molar-refractivity contribution in [2.75, 3.05) is 0 Å². The second-order valence-corrected chi connectivity index (χ2v) is 6.87. The number of thiazole rings is 1. The molecular weight excluding hydrogens is 248 g/mol. The molecule has 4 heteroatoms. The molecule has 2 aromatic heterocycles. The third kappa shape index (κ3) is 1.62. The van der Waals surface area contributed by atoms with Crippen LogP contribution in [0, 0.1) is 11.3 Å². The lowest BCUT2D eigenvalue weighted by Gasteiger charge is -2.10. The lowest BCUT2D eigenvalue weighted by atomic mass is 9.97. The normalized spacial score (nSPS) is 13.9. The van der Waals surface area contributed by atoms with Crippen LogP contribution in [-0.4, -0.2) is 4.98 Å². The van der Waals surface area contributed by atoms with Crippen LogP contribution in [-0.2, 0) is 18.3 Å². The summed E-state index contributed by atoms with van der Waals surface area (Å²) in [6, 6.07) is 4.49. The van der Waals surface area contributed by atoms with Gasteiger partial charge in [-0.05, 0) is 38.1 Å². The van der Waals surface area contributed by atoms with Gasteiger partial charge in [-0.15, -0.1) is 22.7 Å². The van der Waals surface area contributed by atoms with E-state index in [-0.39, 0.29) is 0 Å². The van der Waals surface area contributed by atoms with E-state index in [9.17, 15) is 5.26 Å². The molecule has 2 nitrogen and oxygen atoms in total. The van der Waals surface area contributed by atoms with Crippen LogP contribution in [0.5, 0.6) is 0 Å². The molecule has 2 aromatic rings. The monoisotopic (exact) mass is 260 g/mol. The number of thiophene rings is 1. The number of rotatable bonds is 1. The van der Waals surface area contributed by atoms with Gasteiger partial charge in [0.15, 0.2) is 0 Å². The summed E-state index contributed by atoms with van der Waals surface area (Å²) in [5.41, 5.74) is 1.93. The molecule has 0 radical (unpaired) electrons. The van der Waals surface area contributed by atoms with Crippen LogP contribution in [0.25, 0.3) is 11.3 Å². The molecule has 86 valence electrons. The Hall–Kier alpha value is -1.18. The minimum absolute atomic E-state index is 0.474. The minimum Gasteiger partial charge on any atom is -0.239 e. The van der Waals surface area contributed by atoms with Crippen LogP contribution < -0.4 is 0 Å². The van der Waals surface area contributed by atoms with Gasteiger partial charge in [-0.1, -0.05) is 0 Å². The summed E-state index contributed by atoms with van der Waals surface area (Å²) in [7, 11) is 0. The van der Waals surface area contributed by atoms with Crippen LogP contribution in [0.3, 0.4) is 0 Å². The Kier molecular flexibility index (Phi) is 2.35. The molecule has 0 saturated heterocycles. The van der Waals surface area contributed by atoms with E-state index in [1.165, 1.54) is 15.3 Å². The first kappa shape index (κ1) is 10.9. The lowest BCUT2D eigenvalue weighted by Crippen LogP contribution is -2.13. The van der Waals surface area contributed by atoms with E-state index in [4.69, 9.17) is 4.98 Å². The predicted octanol–water partition coefficient (Wildman–Crippen LogP) is 3.77. The van der Waals surface area contributed by atoms with Crippen molar-refractivity contribution in [2.45, 2.75) is 32.1 Å². The zero-order valence-corrected chi connectivity index (χ0v) is 11.4. The zero-order chi connectivity index (χ0) is 12.0. The van der Waals surface area contributed by atoms with Gasteiger partial charge in [0.2, 0.25) is 0 Å². The van der Waals surface area contributed by atoms with Crippen molar-refractivity contribution < 1.29 is 0 Å². The van der Waals surface area contributed by atoms with Gasteiger partial charge in [0, 0.05) is 15.3 Å². The smallest absolute Gasteiger partial charge is 0.113 e. The molecule has 0 amide bonds. The van der Waals surface area contributed by atoms with E-state index < -0.39 is 5.41 Å². The number of fused-ring (bicyclic) bond motifs is 3. The third-order valence-corrected chi connectivity index (χ3v) is 5.51. The summed E-state index contributed by atoms with van der Waals surface area (Å²) in [5.74, 6) is 0. The van der Waals surface area contributed by atoms with E-state index in [1.807, 2.05) is 25.2 Å². The quantitative estimate of drug-likeness (QED) is 0.782. The van der Waals surface area contributed by atoms with Gasteiger partial charge in [0.1, 0.15) is 10.4 Å². The van der Waals surface area contributed by atoms with E-state index in [2.05, 4.69) is 17.5 Å². The summed E-state index contributed by atoms with van der Waals surface area (Å²) in [4.78, 5) is 7.49. The molecule has 17 heavy (non-hydrogen) atoms.